The summed E-state index contributed by atoms with van der Waals surface area (Å²) >= 11 is 6.07. The Kier molecular flexibility index (Phi) is 8.40. The van der Waals surface area contributed by atoms with Gasteiger partial charge < -0.3 is 19.5 Å². The first-order valence-electron chi connectivity index (χ1n) is 12.0. The highest BCUT2D eigenvalue weighted by Crippen LogP contribution is 2.22. The third kappa shape index (κ3) is 6.62. The fourth-order valence-corrected chi connectivity index (χ4v) is 4.21. The highest BCUT2D eigenvalue weighted by atomic mass is 35.5. The first-order chi connectivity index (χ1) is 17.1. The Bertz CT molecular complexity index is 1250. The van der Waals surface area contributed by atoms with Gasteiger partial charge in [0.1, 0.15) is 5.52 Å². The number of anilines is 1. The third-order valence-electron chi connectivity index (χ3n) is 6.05. The maximum atomic E-state index is 13.6. The van der Waals surface area contributed by atoms with Crippen LogP contribution in [0.25, 0.3) is 11.1 Å². The molecule has 4 aromatic rings. The number of likely N-dealkylation sites (N-methyl/N-ethyl adjacent to an activating group) is 1. The zero-order valence-corrected chi connectivity index (χ0v) is 21.0. The van der Waals surface area contributed by atoms with Crippen LogP contribution in [0, 0.1) is 0 Å². The standard InChI is InChI=1S/C28H31ClN4O2/c1-3-32(4-2)15-16-33(20-21-9-6-5-7-10-21)27(34)23-13-14-26-25(18-23)31-28(35-26)30-19-22-11-8-12-24(29)17-22/h5-14,17-18H,3-4,15-16,19-20H2,1-2H3,(H,30,31). The van der Waals surface area contributed by atoms with E-state index in [0.717, 1.165) is 30.8 Å². The molecular weight excluding hydrogens is 460 g/mol. The number of aromatic nitrogens is 1. The molecule has 35 heavy (non-hydrogen) atoms. The minimum atomic E-state index is -0.0145. The summed E-state index contributed by atoms with van der Waals surface area (Å²) in [5.74, 6) is -0.0145. The number of oxazole rings is 1. The summed E-state index contributed by atoms with van der Waals surface area (Å²) in [7, 11) is 0. The second kappa shape index (κ2) is 11.9. The van der Waals surface area contributed by atoms with Crippen LogP contribution in [0.15, 0.2) is 77.2 Å². The van der Waals surface area contributed by atoms with E-state index in [1.54, 1.807) is 6.07 Å². The van der Waals surface area contributed by atoms with E-state index in [1.807, 2.05) is 59.5 Å². The maximum Gasteiger partial charge on any atom is 0.295 e. The fraction of sp³-hybridized carbons (Fsp3) is 0.286. The monoisotopic (exact) mass is 490 g/mol. The molecule has 0 atom stereocenters. The molecule has 0 bridgehead atoms. The number of carbonyl (C=O) groups is 1. The lowest BCUT2D eigenvalue weighted by atomic mass is 10.1. The van der Waals surface area contributed by atoms with Gasteiger partial charge in [0, 0.05) is 36.8 Å². The largest absolute Gasteiger partial charge is 0.424 e. The van der Waals surface area contributed by atoms with Crippen LogP contribution in [0.2, 0.25) is 5.02 Å². The van der Waals surface area contributed by atoms with Crippen molar-refractivity contribution in [1.29, 1.82) is 0 Å². The van der Waals surface area contributed by atoms with E-state index < -0.39 is 0 Å². The van der Waals surface area contributed by atoms with Gasteiger partial charge in [-0.2, -0.15) is 4.98 Å². The summed E-state index contributed by atoms with van der Waals surface area (Å²) in [5, 5.41) is 3.88. The number of fused-ring (bicyclic) bond motifs is 1. The Balaban J connectivity index is 1.50. The number of benzene rings is 3. The molecule has 0 fully saturated rings. The lowest BCUT2D eigenvalue weighted by molar-refractivity contribution is 0.0724. The van der Waals surface area contributed by atoms with Crippen LogP contribution in [0.5, 0.6) is 0 Å². The molecule has 182 valence electrons. The van der Waals surface area contributed by atoms with E-state index in [2.05, 4.69) is 41.2 Å². The van der Waals surface area contributed by atoms with Crippen LogP contribution in [-0.2, 0) is 13.1 Å². The number of amides is 1. The van der Waals surface area contributed by atoms with Crippen LogP contribution in [-0.4, -0.2) is 46.9 Å². The van der Waals surface area contributed by atoms with Gasteiger partial charge in [0.15, 0.2) is 5.58 Å². The Morgan fingerprint density at radius 1 is 0.943 bits per heavy atom. The molecule has 0 saturated heterocycles. The van der Waals surface area contributed by atoms with Gasteiger partial charge in [0.05, 0.1) is 0 Å². The Morgan fingerprint density at radius 2 is 1.71 bits per heavy atom. The molecule has 0 radical (unpaired) electrons. The second-order valence-corrected chi connectivity index (χ2v) is 8.86. The molecule has 1 N–H and O–H groups in total. The fourth-order valence-electron chi connectivity index (χ4n) is 4.00. The number of halogens is 1. The van der Waals surface area contributed by atoms with Gasteiger partial charge in [0.25, 0.3) is 11.9 Å². The van der Waals surface area contributed by atoms with Crippen molar-refractivity contribution in [2.45, 2.75) is 26.9 Å². The third-order valence-corrected chi connectivity index (χ3v) is 6.29. The van der Waals surface area contributed by atoms with Crippen molar-refractivity contribution in [2.75, 3.05) is 31.5 Å². The Hall–Kier alpha value is -3.35. The SMILES string of the molecule is CCN(CC)CCN(Cc1ccccc1)C(=O)c1ccc2oc(NCc3cccc(Cl)c3)nc2c1. The number of nitrogens with one attached hydrogen (secondary N) is 1. The summed E-state index contributed by atoms with van der Waals surface area (Å²) in [4.78, 5) is 22.3. The topological polar surface area (TPSA) is 61.6 Å². The lowest BCUT2D eigenvalue weighted by Gasteiger charge is -2.27. The predicted octanol–water partition coefficient (Wildman–Crippen LogP) is 6.08. The number of carbonyl (C=O) groups excluding carboxylic acids is 1. The maximum absolute atomic E-state index is 13.6. The van der Waals surface area contributed by atoms with E-state index >= 15 is 0 Å². The first kappa shape index (κ1) is 24.8. The van der Waals surface area contributed by atoms with Crippen LogP contribution >= 0.6 is 11.6 Å². The normalized spacial score (nSPS) is 11.2. The van der Waals surface area contributed by atoms with Crippen molar-refractivity contribution in [1.82, 2.24) is 14.8 Å². The van der Waals surface area contributed by atoms with E-state index in [9.17, 15) is 4.79 Å². The average Bonchev–Trinajstić information content (AvgIpc) is 3.30. The predicted molar refractivity (Wildman–Crippen MR) is 142 cm³/mol. The number of nitrogens with zero attached hydrogens (tertiary/aromatic N) is 3. The van der Waals surface area contributed by atoms with Crippen molar-refractivity contribution < 1.29 is 9.21 Å². The van der Waals surface area contributed by atoms with E-state index in [1.165, 1.54) is 0 Å². The van der Waals surface area contributed by atoms with Gasteiger partial charge in [-0.3, -0.25) is 4.79 Å². The van der Waals surface area contributed by atoms with E-state index in [0.29, 0.717) is 47.3 Å². The molecule has 0 aliphatic carbocycles. The smallest absolute Gasteiger partial charge is 0.295 e. The van der Waals surface area contributed by atoms with Crippen LogP contribution in [0.4, 0.5) is 6.01 Å². The van der Waals surface area contributed by atoms with E-state index in [-0.39, 0.29) is 5.91 Å². The summed E-state index contributed by atoms with van der Waals surface area (Å²) in [6.07, 6.45) is 0. The number of hydrogen-bond acceptors (Lipinski definition) is 5. The van der Waals surface area contributed by atoms with Crippen LogP contribution in [0.1, 0.15) is 35.3 Å². The molecule has 4 rings (SSSR count). The van der Waals surface area contributed by atoms with Crippen molar-refractivity contribution >= 4 is 34.6 Å². The highest BCUT2D eigenvalue weighted by Gasteiger charge is 2.19. The molecule has 6 nitrogen and oxygen atoms in total. The molecular formula is C28H31ClN4O2. The summed E-state index contributed by atoms with van der Waals surface area (Å²) in [6, 6.07) is 23.6. The van der Waals surface area contributed by atoms with Gasteiger partial charge in [-0.05, 0) is 54.5 Å². The van der Waals surface area contributed by atoms with Crippen molar-refractivity contribution in [3.8, 4) is 0 Å². The second-order valence-electron chi connectivity index (χ2n) is 8.42. The molecule has 1 amide bonds. The minimum Gasteiger partial charge on any atom is -0.424 e. The number of rotatable bonds is 11. The van der Waals surface area contributed by atoms with Crippen LogP contribution in [0.3, 0.4) is 0 Å². The van der Waals surface area contributed by atoms with Gasteiger partial charge in [-0.15, -0.1) is 0 Å². The molecule has 7 heteroatoms. The summed E-state index contributed by atoms with van der Waals surface area (Å²) in [5.41, 5.74) is 4.01. The zero-order chi connectivity index (χ0) is 24.6. The molecule has 0 aliphatic rings. The molecule has 3 aromatic carbocycles. The molecule has 1 heterocycles. The van der Waals surface area contributed by atoms with Gasteiger partial charge in [-0.1, -0.05) is 67.9 Å². The molecule has 0 unspecified atom stereocenters. The van der Waals surface area contributed by atoms with Crippen molar-refractivity contribution in [2.24, 2.45) is 0 Å². The average molecular weight is 491 g/mol. The zero-order valence-electron chi connectivity index (χ0n) is 20.2. The van der Waals surface area contributed by atoms with Gasteiger partial charge in [-0.25, -0.2) is 0 Å². The Morgan fingerprint density at radius 3 is 2.46 bits per heavy atom. The molecule has 1 aromatic heterocycles. The summed E-state index contributed by atoms with van der Waals surface area (Å²) in [6.45, 7) is 8.78. The molecule has 0 spiro atoms. The lowest BCUT2D eigenvalue weighted by Crippen LogP contribution is -2.38. The highest BCUT2D eigenvalue weighted by molar-refractivity contribution is 6.30. The number of hydrogen-bond donors (Lipinski definition) is 1. The molecule has 0 saturated carbocycles. The first-order valence-corrected chi connectivity index (χ1v) is 12.4. The van der Waals surface area contributed by atoms with Crippen molar-refractivity contribution in [3.05, 3.63) is 94.5 Å². The minimum absolute atomic E-state index is 0.0145. The summed E-state index contributed by atoms with van der Waals surface area (Å²) < 4.78 is 5.83. The quantitative estimate of drug-likeness (QED) is 0.276. The van der Waals surface area contributed by atoms with Crippen molar-refractivity contribution in [3.63, 3.8) is 0 Å². The Labute approximate surface area is 211 Å². The van der Waals surface area contributed by atoms with E-state index in [4.69, 9.17) is 16.0 Å². The molecule has 0 aliphatic heterocycles. The van der Waals surface area contributed by atoms with Gasteiger partial charge >= 0.3 is 0 Å². The van der Waals surface area contributed by atoms with Gasteiger partial charge in [0.2, 0.25) is 0 Å². The van der Waals surface area contributed by atoms with Crippen LogP contribution < -0.4 is 5.32 Å².